The molecule has 0 bridgehead atoms. The summed E-state index contributed by atoms with van der Waals surface area (Å²) in [5.41, 5.74) is 1.38. The summed E-state index contributed by atoms with van der Waals surface area (Å²) in [6, 6.07) is 7.56. The van der Waals surface area contributed by atoms with Crippen LogP contribution in [0.4, 0.5) is 0 Å². The molecule has 100 valence electrons. The van der Waals surface area contributed by atoms with Crippen molar-refractivity contribution < 1.29 is 13.9 Å². The van der Waals surface area contributed by atoms with Crippen molar-refractivity contribution in [1.82, 2.24) is 10.3 Å². The number of pyridine rings is 1. The number of furan rings is 1. The molecule has 2 rings (SSSR count). The van der Waals surface area contributed by atoms with Crippen molar-refractivity contribution in [2.75, 3.05) is 7.11 Å². The fourth-order valence-electron chi connectivity index (χ4n) is 1.69. The Labute approximate surface area is 111 Å². The zero-order valence-corrected chi connectivity index (χ0v) is 10.9. The average Bonchev–Trinajstić information content (AvgIpc) is 2.93. The minimum Gasteiger partial charge on any atom is -0.467 e. The molecule has 19 heavy (non-hydrogen) atoms. The summed E-state index contributed by atoms with van der Waals surface area (Å²) in [7, 11) is 1.34. The summed E-state index contributed by atoms with van der Waals surface area (Å²) in [5.74, 6) is 0.288. The fraction of sp³-hybridized carbons (Fsp3) is 0.286. The number of ether oxygens (including phenoxy) is 1. The molecule has 0 aliphatic carbocycles. The number of aromatic nitrogens is 1. The van der Waals surface area contributed by atoms with Gasteiger partial charge in [0, 0.05) is 12.2 Å². The van der Waals surface area contributed by atoms with Crippen LogP contribution < -0.4 is 5.32 Å². The molecule has 2 heterocycles. The van der Waals surface area contributed by atoms with Crippen molar-refractivity contribution in [3.05, 3.63) is 53.7 Å². The predicted molar refractivity (Wildman–Crippen MR) is 69.5 cm³/mol. The molecule has 0 saturated heterocycles. The number of esters is 1. The largest absolute Gasteiger partial charge is 0.467 e. The standard InChI is InChI=1S/C14H16N2O3/c1-10(13-5-3-4-6-15-13)16-8-12-7-11(9-19-12)14(17)18-2/h3-7,9-10,16H,8H2,1-2H3/t10-/m1/s1. The summed E-state index contributed by atoms with van der Waals surface area (Å²) in [6.45, 7) is 2.54. The number of rotatable bonds is 5. The van der Waals surface area contributed by atoms with Crippen LogP contribution in [0.3, 0.4) is 0 Å². The first-order chi connectivity index (χ1) is 9.20. The van der Waals surface area contributed by atoms with Gasteiger partial charge in [-0.1, -0.05) is 6.07 Å². The lowest BCUT2D eigenvalue weighted by Gasteiger charge is -2.11. The summed E-state index contributed by atoms with van der Waals surface area (Å²) in [4.78, 5) is 15.5. The van der Waals surface area contributed by atoms with E-state index in [1.54, 1.807) is 12.3 Å². The van der Waals surface area contributed by atoms with Crippen LogP contribution in [0.2, 0.25) is 0 Å². The normalized spacial score (nSPS) is 12.1. The number of nitrogens with zero attached hydrogens (tertiary/aromatic N) is 1. The van der Waals surface area contributed by atoms with E-state index in [1.165, 1.54) is 13.4 Å². The highest BCUT2D eigenvalue weighted by molar-refractivity contribution is 5.88. The third-order valence-electron chi connectivity index (χ3n) is 2.79. The first-order valence-electron chi connectivity index (χ1n) is 6.00. The van der Waals surface area contributed by atoms with Gasteiger partial charge in [-0.3, -0.25) is 4.98 Å². The van der Waals surface area contributed by atoms with Crippen LogP contribution in [0.25, 0.3) is 0 Å². The van der Waals surface area contributed by atoms with E-state index < -0.39 is 5.97 Å². The third-order valence-corrected chi connectivity index (χ3v) is 2.79. The van der Waals surface area contributed by atoms with Crippen molar-refractivity contribution in [2.45, 2.75) is 19.5 Å². The second-order valence-electron chi connectivity index (χ2n) is 4.15. The van der Waals surface area contributed by atoms with Crippen LogP contribution >= 0.6 is 0 Å². The molecule has 0 amide bonds. The van der Waals surface area contributed by atoms with E-state index in [4.69, 9.17) is 4.42 Å². The van der Waals surface area contributed by atoms with Gasteiger partial charge in [0.2, 0.25) is 0 Å². The molecule has 2 aromatic heterocycles. The first-order valence-corrected chi connectivity index (χ1v) is 6.00. The Morgan fingerprint density at radius 2 is 2.37 bits per heavy atom. The Morgan fingerprint density at radius 3 is 3.05 bits per heavy atom. The molecule has 1 N–H and O–H groups in total. The summed E-state index contributed by atoms with van der Waals surface area (Å²) in [6.07, 6.45) is 3.16. The average molecular weight is 260 g/mol. The molecule has 0 aliphatic heterocycles. The molecule has 5 heteroatoms. The zero-order chi connectivity index (χ0) is 13.7. The van der Waals surface area contributed by atoms with E-state index in [2.05, 4.69) is 15.0 Å². The second-order valence-corrected chi connectivity index (χ2v) is 4.15. The van der Waals surface area contributed by atoms with E-state index in [9.17, 15) is 4.79 Å². The van der Waals surface area contributed by atoms with Gasteiger partial charge in [-0.2, -0.15) is 0 Å². The van der Waals surface area contributed by atoms with Crippen LogP contribution in [0.5, 0.6) is 0 Å². The Hall–Kier alpha value is -2.14. The molecule has 0 fully saturated rings. The van der Waals surface area contributed by atoms with Gasteiger partial charge in [-0.15, -0.1) is 0 Å². The van der Waals surface area contributed by atoms with Gasteiger partial charge in [-0.25, -0.2) is 4.79 Å². The van der Waals surface area contributed by atoms with Crippen molar-refractivity contribution in [3.63, 3.8) is 0 Å². The number of hydrogen-bond acceptors (Lipinski definition) is 5. The maximum absolute atomic E-state index is 11.3. The van der Waals surface area contributed by atoms with Crippen LogP contribution in [0.15, 0.2) is 41.1 Å². The first kappa shape index (κ1) is 13.3. The zero-order valence-electron chi connectivity index (χ0n) is 10.9. The smallest absolute Gasteiger partial charge is 0.341 e. The molecule has 5 nitrogen and oxygen atoms in total. The van der Waals surface area contributed by atoms with Crippen molar-refractivity contribution >= 4 is 5.97 Å². The fourth-order valence-corrected chi connectivity index (χ4v) is 1.69. The van der Waals surface area contributed by atoms with E-state index in [-0.39, 0.29) is 6.04 Å². The highest BCUT2D eigenvalue weighted by Gasteiger charge is 2.11. The van der Waals surface area contributed by atoms with Crippen molar-refractivity contribution in [1.29, 1.82) is 0 Å². The summed E-state index contributed by atoms with van der Waals surface area (Å²) >= 11 is 0. The second kappa shape index (κ2) is 6.15. The van der Waals surface area contributed by atoms with Gasteiger partial charge in [-0.05, 0) is 25.1 Å². The van der Waals surface area contributed by atoms with Crippen molar-refractivity contribution in [2.24, 2.45) is 0 Å². The highest BCUT2D eigenvalue weighted by Crippen LogP contribution is 2.12. The van der Waals surface area contributed by atoms with Crippen LogP contribution in [0.1, 0.15) is 34.8 Å². The van der Waals surface area contributed by atoms with E-state index >= 15 is 0 Å². The Balaban J connectivity index is 1.92. The van der Waals surface area contributed by atoms with Gasteiger partial charge < -0.3 is 14.5 Å². The Bertz CT molecular complexity index is 537. The number of methoxy groups -OCH3 is 1. The molecule has 1 atom stereocenters. The minimum absolute atomic E-state index is 0.105. The van der Waals surface area contributed by atoms with Crippen molar-refractivity contribution in [3.8, 4) is 0 Å². The van der Waals surface area contributed by atoms with Gasteiger partial charge in [0.15, 0.2) is 0 Å². The topological polar surface area (TPSA) is 64.4 Å². The number of nitrogens with one attached hydrogen (secondary N) is 1. The van der Waals surface area contributed by atoms with E-state index in [0.29, 0.717) is 17.9 Å². The van der Waals surface area contributed by atoms with E-state index in [1.807, 2.05) is 25.1 Å². The molecule has 0 saturated carbocycles. The SMILES string of the molecule is COC(=O)c1coc(CN[C@H](C)c2ccccn2)c1. The van der Waals surface area contributed by atoms with Crippen LogP contribution in [-0.4, -0.2) is 18.1 Å². The maximum Gasteiger partial charge on any atom is 0.341 e. The molecule has 0 radical (unpaired) electrons. The van der Waals surface area contributed by atoms with Gasteiger partial charge in [0.05, 0.1) is 24.9 Å². The molecular formula is C14H16N2O3. The molecule has 0 aliphatic rings. The predicted octanol–water partition coefficient (Wildman–Crippen LogP) is 2.31. The summed E-state index contributed by atoms with van der Waals surface area (Å²) < 4.78 is 9.91. The molecule has 2 aromatic rings. The van der Waals surface area contributed by atoms with Gasteiger partial charge in [0.1, 0.15) is 12.0 Å². The van der Waals surface area contributed by atoms with E-state index in [0.717, 1.165) is 5.69 Å². The van der Waals surface area contributed by atoms with Gasteiger partial charge >= 0.3 is 5.97 Å². The Morgan fingerprint density at radius 1 is 1.53 bits per heavy atom. The summed E-state index contributed by atoms with van der Waals surface area (Å²) in [5, 5.41) is 3.28. The minimum atomic E-state index is -0.396. The van der Waals surface area contributed by atoms with Crippen LogP contribution in [-0.2, 0) is 11.3 Å². The van der Waals surface area contributed by atoms with Crippen LogP contribution in [0, 0.1) is 0 Å². The number of hydrogen-bond donors (Lipinski definition) is 1. The molecular weight excluding hydrogens is 244 g/mol. The molecule has 0 aromatic carbocycles. The maximum atomic E-state index is 11.3. The Kier molecular flexibility index (Phi) is 4.30. The third kappa shape index (κ3) is 3.42. The van der Waals surface area contributed by atoms with Gasteiger partial charge in [0.25, 0.3) is 0 Å². The lowest BCUT2D eigenvalue weighted by atomic mass is 10.2. The highest BCUT2D eigenvalue weighted by atomic mass is 16.5. The monoisotopic (exact) mass is 260 g/mol. The molecule has 0 spiro atoms. The lowest BCUT2D eigenvalue weighted by Crippen LogP contribution is -2.18. The number of carbonyl (C=O) groups excluding carboxylic acids is 1. The number of carbonyl (C=O) groups is 1. The lowest BCUT2D eigenvalue weighted by molar-refractivity contribution is 0.0600. The quantitative estimate of drug-likeness (QED) is 0.836. The molecule has 0 unspecified atom stereocenters.